The molecule has 0 heterocycles. The Labute approximate surface area is 164 Å². The summed E-state index contributed by atoms with van der Waals surface area (Å²) < 4.78 is 24.4. The molecule has 0 radical (unpaired) electrons. The lowest BCUT2D eigenvalue weighted by molar-refractivity contribution is -0.139. The maximum absolute atomic E-state index is 14.5. The minimum Gasteiger partial charge on any atom is -0.469 e. The average molecular weight is 387 g/mol. The monoisotopic (exact) mass is 387 g/mol. The summed E-state index contributed by atoms with van der Waals surface area (Å²) in [6.45, 7) is 2.69. The molecule has 0 fully saturated rings. The van der Waals surface area contributed by atoms with Gasteiger partial charge in [-0.2, -0.15) is 0 Å². The van der Waals surface area contributed by atoms with Crippen molar-refractivity contribution in [1.29, 1.82) is 0 Å². The number of unbranched alkanes of at least 4 members (excludes halogenated alkanes) is 3. The molecule has 2 aromatic carbocycles. The molecule has 28 heavy (non-hydrogen) atoms. The molecule has 5 nitrogen and oxygen atoms in total. The predicted molar refractivity (Wildman–Crippen MR) is 106 cm³/mol. The van der Waals surface area contributed by atoms with Crippen LogP contribution in [-0.4, -0.2) is 25.7 Å². The van der Waals surface area contributed by atoms with E-state index in [2.05, 4.69) is 17.0 Å². The minimum atomic E-state index is -0.525. The summed E-state index contributed by atoms with van der Waals surface area (Å²) in [7, 11) is 1.29. The van der Waals surface area contributed by atoms with Gasteiger partial charge in [0, 0.05) is 12.1 Å². The summed E-state index contributed by atoms with van der Waals surface area (Å²) in [6, 6.07) is 11.3. The van der Waals surface area contributed by atoms with Crippen LogP contribution in [0.3, 0.4) is 0 Å². The molecule has 150 valence electrons. The van der Waals surface area contributed by atoms with Crippen LogP contribution in [0.1, 0.15) is 38.2 Å². The molecular formula is C22H26FNO4. The molecule has 0 atom stereocenters. The van der Waals surface area contributed by atoms with E-state index in [4.69, 9.17) is 4.74 Å². The number of methoxy groups -OCH3 is 1. The van der Waals surface area contributed by atoms with Gasteiger partial charge < -0.3 is 14.8 Å². The first kappa shape index (κ1) is 21.4. The Hall–Kier alpha value is -2.89. The number of ether oxygens (including phenoxy) is 2. The topological polar surface area (TPSA) is 64.6 Å². The smallest absolute Gasteiger partial charge is 0.412 e. The van der Waals surface area contributed by atoms with Gasteiger partial charge in [-0.05, 0) is 35.7 Å². The Morgan fingerprint density at radius 2 is 1.89 bits per heavy atom. The van der Waals surface area contributed by atoms with Crippen LogP contribution in [-0.2, 0) is 16.0 Å². The number of carbonyl (C=O) groups is 2. The first-order valence-electron chi connectivity index (χ1n) is 9.45. The van der Waals surface area contributed by atoms with Crippen molar-refractivity contribution >= 4 is 12.1 Å². The van der Waals surface area contributed by atoms with Gasteiger partial charge in [0.2, 0.25) is 0 Å². The molecule has 0 spiro atoms. The van der Waals surface area contributed by atoms with Gasteiger partial charge in [0.15, 0.2) is 0 Å². The fourth-order valence-electron chi connectivity index (χ4n) is 2.75. The molecule has 0 aromatic heterocycles. The van der Waals surface area contributed by atoms with Crippen LogP contribution in [0.15, 0.2) is 42.5 Å². The number of rotatable bonds is 9. The molecule has 0 bridgehead atoms. The van der Waals surface area contributed by atoms with Crippen molar-refractivity contribution in [3.63, 3.8) is 0 Å². The summed E-state index contributed by atoms with van der Waals surface area (Å²) in [5.74, 6) is -0.552. The van der Waals surface area contributed by atoms with Crippen molar-refractivity contribution in [2.24, 2.45) is 0 Å². The minimum absolute atomic E-state index is 0.00920. The second-order valence-electron chi connectivity index (χ2n) is 6.47. The Balaban J connectivity index is 2.00. The van der Waals surface area contributed by atoms with Crippen LogP contribution < -0.4 is 10.1 Å². The molecule has 0 saturated heterocycles. The molecular weight excluding hydrogens is 361 g/mol. The van der Waals surface area contributed by atoms with E-state index in [-0.39, 0.29) is 6.42 Å². The molecule has 0 aliphatic rings. The highest BCUT2D eigenvalue weighted by atomic mass is 19.1. The summed E-state index contributed by atoms with van der Waals surface area (Å²) in [5, 5.41) is 2.71. The number of esters is 1. The van der Waals surface area contributed by atoms with E-state index in [1.54, 1.807) is 36.4 Å². The van der Waals surface area contributed by atoms with Crippen LogP contribution >= 0.6 is 0 Å². The lowest BCUT2D eigenvalue weighted by atomic mass is 10.0. The van der Waals surface area contributed by atoms with Crippen molar-refractivity contribution < 1.29 is 23.5 Å². The van der Waals surface area contributed by atoms with Crippen molar-refractivity contribution in [3.05, 3.63) is 53.8 Å². The van der Waals surface area contributed by atoms with Gasteiger partial charge in [-0.1, -0.05) is 50.5 Å². The third-order valence-corrected chi connectivity index (χ3v) is 4.26. The van der Waals surface area contributed by atoms with Gasteiger partial charge in [-0.15, -0.1) is 0 Å². The van der Waals surface area contributed by atoms with Gasteiger partial charge in [-0.3, -0.25) is 4.79 Å². The zero-order valence-electron chi connectivity index (χ0n) is 16.3. The van der Waals surface area contributed by atoms with Gasteiger partial charge in [0.25, 0.3) is 0 Å². The molecule has 1 N–H and O–H groups in total. The third kappa shape index (κ3) is 6.68. The summed E-state index contributed by atoms with van der Waals surface area (Å²) in [5.41, 5.74) is 1.47. The second-order valence-corrected chi connectivity index (χ2v) is 6.47. The number of hydrogen-bond acceptors (Lipinski definition) is 4. The van der Waals surface area contributed by atoms with E-state index < -0.39 is 17.9 Å². The maximum Gasteiger partial charge on any atom is 0.412 e. The molecule has 0 aliphatic heterocycles. The average Bonchev–Trinajstić information content (AvgIpc) is 2.68. The summed E-state index contributed by atoms with van der Waals surface area (Å²) in [6.07, 6.45) is 3.74. The number of hydrogen-bond donors (Lipinski definition) is 1. The number of nitrogens with one attached hydrogen (secondary N) is 1. The first-order chi connectivity index (χ1) is 13.5. The molecule has 0 saturated carbocycles. The zero-order valence-corrected chi connectivity index (χ0v) is 16.3. The maximum atomic E-state index is 14.5. The van der Waals surface area contributed by atoms with Gasteiger partial charge in [0.05, 0.1) is 13.5 Å². The van der Waals surface area contributed by atoms with Crippen LogP contribution in [0, 0.1) is 5.82 Å². The number of carbonyl (C=O) groups excluding carboxylic acids is 2. The van der Waals surface area contributed by atoms with Crippen LogP contribution in [0.4, 0.5) is 9.18 Å². The fraction of sp³-hybridized carbons (Fsp3) is 0.364. The van der Waals surface area contributed by atoms with Crippen molar-refractivity contribution in [3.8, 4) is 16.9 Å². The van der Waals surface area contributed by atoms with E-state index in [1.807, 2.05) is 0 Å². The Kier molecular flexibility index (Phi) is 8.46. The predicted octanol–water partition coefficient (Wildman–Crippen LogP) is 4.88. The number of benzene rings is 2. The van der Waals surface area contributed by atoms with Crippen molar-refractivity contribution in [2.75, 3.05) is 13.7 Å². The Morgan fingerprint density at radius 3 is 2.61 bits per heavy atom. The fourth-order valence-corrected chi connectivity index (χ4v) is 2.75. The highest BCUT2D eigenvalue weighted by molar-refractivity contribution is 5.74. The van der Waals surface area contributed by atoms with E-state index in [0.717, 1.165) is 25.7 Å². The number of amides is 1. The zero-order chi connectivity index (χ0) is 20.4. The van der Waals surface area contributed by atoms with E-state index in [0.29, 0.717) is 29.0 Å². The highest BCUT2D eigenvalue weighted by Gasteiger charge is 2.11. The first-order valence-corrected chi connectivity index (χ1v) is 9.45. The third-order valence-electron chi connectivity index (χ3n) is 4.26. The van der Waals surface area contributed by atoms with Crippen LogP contribution in [0.25, 0.3) is 11.1 Å². The van der Waals surface area contributed by atoms with Crippen molar-refractivity contribution in [1.82, 2.24) is 5.32 Å². The normalized spacial score (nSPS) is 10.4. The largest absolute Gasteiger partial charge is 0.469 e. The van der Waals surface area contributed by atoms with E-state index >= 15 is 0 Å². The Bertz CT molecular complexity index is 807. The molecule has 1 amide bonds. The summed E-state index contributed by atoms with van der Waals surface area (Å²) >= 11 is 0. The molecule has 6 heteroatoms. The Morgan fingerprint density at radius 1 is 1.07 bits per heavy atom. The highest BCUT2D eigenvalue weighted by Crippen LogP contribution is 2.27. The van der Waals surface area contributed by atoms with Crippen LogP contribution in [0.2, 0.25) is 0 Å². The van der Waals surface area contributed by atoms with Gasteiger partial charge >= 0.3 is 12.1 Å². The molecule has 2 rings (SSSR count). The lowest BCUT2D eigenvalue weighted by Crippen LogP contribution is -2.27. The van der Waals surface area contributed by atoms with E-state index in [9.17, 15) is 14.0 Å². The summed E-state index contributed by atoms with van der Waals surface area (Å²) in [4.78, 5) is 23.2. The SMILES string of the molecule is CCCCCCNC(=O)Oc1cccc(-c2ccc(CC(=O)OC)cc2F)c1. The standard InChI is InChI=1S/C22H26FNO4/c1-3-4-5-6-12-24-22(26)28-18-9-7-8-17(15-18)19-11-10-16(13-20(19)23)14-21(25)27-2/h7-11,13,15H,3-6,12,14H2,1-2H3,(H,24,26). The quantitative estimate of drug-likeness (QED) is 0.492. The van der Waals surface area contributed by atoms with Crippen molar-refractivity contribution in [2.45, 2.75) is 39.0 Å². The van der Waals surface area contributed by atoms with Gasteiger partial charge in [-0.25, -0.2) is 9.18 Å². The molecule has 2 aromatic rings. The lowest BCUT2D eigenvalue weighted by Gasteiger charge is -2.09. The van der Waals surface area contributed by atoms with Crippen LogP contribution in [0.5, 0.6) is 5.75 Å². The molecule has 0 unspecified atom stereocenters. The second kappa shape index (κ2) is 11.1. The van der Waals surface area contributed by atoms with E-state index in [1.165, 1.54) is 13.2 Å². The number of halogens is 1. The van der Waals surface area contributed by atoms with Gasteiger partial charge in [0.1, 0.15) is 11.6 Å². The molecule has 0 aliphatic carbocycles.